The average Bonchev–Trinajstić information content (AvgIpc) is 2.24. The lowest BCUT2D eigenvalue weighted by Gasteiger charge is -2.09. The van der Waals surface area contributed by atoms with Gasteiger partial charge in [0.25, 0.3) is 0 Å². The van der Waals surface area contributed by atoms with Crippen molar-refractivity contribution < 1.29 is 4.84 Å². The minimum Gasteiger partial charge on any atom is -0.391 e. The van der Waals surface area contributed by atoms with Gasteiger partial charge in [-0.15, -0.1) is 0 Å². The van der Waals surface area contributed by atoms with Gasteiger partial charge in [-0.3, -0.25) is 0 Å². The SMILES string of the molecule is C=Cc1ccc(CON=CC(C)(C)C)cc1. The van der Waals surface area contributed by atoms with Crippen LogP contribution < -0.4 is 0 Å². The summed E-state index contributed by atoms with van der Waals surface area (Å²) in [5.41, 5.74) is 2.28. The molecule has 0 unspecified atom stereocenters. The topological polar surface area (TPSA) is 21.6 Å². The highest BCUT2D eigenvalue weighted by Crippen LogP contribution is 2.10. The van der Waals surface area contributed by atoms with Crippen LogP contribution in [-0.4, -0.2) is 6.21 Å². The van der Waals surface area contributed by atoms with E-state index in [1.807, 2.05) is 36.6 Å². The van der Waals surface area contributed by atoms with Crippen molar-refractivity contribution in [3.05, 3.63) is 42.0 Å². The first-order chi connectivity index (χ1) is 7.51. The lowest BCUT2D eigenvalue weighted by molar-refractivity contribution is 0.129. The zero-order valence-electron chi connectivity index (χ0n) is 10.2. The molecule has 0 heterocycles. The fourth-order valence-electron chi connectivity index (χ4n) is 1.06. The number of rotatable bonds is 4. The smallest absolute Gasteiger partial charge is 0.142 e. The highest BCUT2D eigenvalue weighted by molar-refractivity contribution is 5.63. The minimum absolute atomic E-state index is 0.0622. The molecule has 0 aliphatic heterocycles. The third-order valence-corrected chi connectivity index (χ3v) is 1.96. The summed E-state index contributed by atoms with van der Waals surface area (Å²) in [6.07, 6.45) is 3.63. The number of nitrogens with zero attached hydrogens (tertiary/aromatic N) is 1. The summed E-state index contributed by atoms with van der Waals surface area (Å²) in [7, 11) is 0. The largest absolute Gasteiger partial charge is 0.391 e. The van der Waals surface area contributed by atoms with Gasteiger partial charge < -0.3 is 4.84 Å². The molecule has 0 saturated carbocycles. The van der Waals surface area contributed by atoms with Crippen molar-refractivity contribution >= 4 is 12.3 Å². The van der Waals surface area contributed by atoms with Gasteiger partial charge in [-0.25, -0.2) is 0 Å². The molecule has 86 valence electrons. The van der Waals surface area contributed by atoms with E-state index >= 15 is 0 Å². The molecule has 0 atom stereocenters. The molecule has 0 bridgehead atoms. The second-order valence-corrected chi connectivity index (χ2v) is 4.82. The molecule has 0 saturated heterocycles. The molecule has 0 radical (unpaired) electrons. The van der Waals surface area contributed by atoms with E-state index in [0.29, 0.717) is 6.61 Å². The van der Waals surface area contributed by atoms with E-state index in [0.717, 1.165) is 11.1 Å². The van der Waals surface area contributed by atoms with Crippen LogP contribution in [0.1, 0.15) is 31.9 Å². The van der Waals surface area contributed by atoms with Crippen LogP contribution in [0, 0.1) is 5.41 Å². The Morgan fingerprint density at radius 3 is 2.38 bits per heavy atom. The zero-order chi connectivity index (χ0) is 12.0. The summed E-state index contributed by atoms with van der Waals surface area (Å²) in [5, 5.41) is 3.94. The second-order valence-electron chi connectivity index (χ2n) is 4.82. The van der Waals surface area contributed by atoms with E-state index in [1.165, 1.54) is 0 Å². The number of hydrogen-bond acceptors (Lipinski definition) is 2. The zero-order valence-corrected chi connectivity index (χ0v) is 10.2. The highest BCUT2D eigenvalue weighted by atomic mass is 16.6. The van der Waals surface area contributed by atoms with E-state index in [9.17, 15) is 0 Å². The third kappa shape index (κ3) is 4.78. The Labute approximate surface area is 97.6 Å². The van der Waals surface area contributed by atoms with E-state index in [1.54, 1.807) is 0 Å². The normalized spacial score (nSPS) is 11.7. The Morgan fingerprint density at radius 2 is 1.88 bits per heavy atom. The summed E-state index contributed by atoms with van der Waals surface area (Å²) >= 11 is 0. The van der Waals surface area contributed by atoms with Crippen molar-refractivity contribution in [1.29, 1.82) is 0 Å². The maximum Gasteiger partial charge on any atom is 0.142 e. The first-order valence-electron chi connectivity index (χ1n) is 5.39. The minimum atomic E-state index is 0.0622. The quantitative estimate of drug-likeness (QED) is 0.554. The van der Waals surface area contributed by atoms with Crippen molar-refractivity contribution in [3.63, 3.8) is 0 Å². The van der Waals surface area contributed by atoms with Crippen LogP contribution >= 0.6 is 0 Å². The fraction of sp³-hybridized carbons (Fsp3) is 0.357. The predicted octanol–water partition coefficient (Wildman–Crippen LogP) is 3.88. The first kappa shape index (κ1) is 12.5. The molecule has 0 aromatic heterocycles. The summed E-state index contributed by atoms with van der Waals surface area (Å²) in [6.45, 7) is 10.5. The van der Waals surface area contributed by atoms with E-state index in [2.05, 4.69) is 32.5 Å². The number of oxime groups is 1. The first-order valence-corrected chi connectivity index (χ1v) is 5.39. The van der Waals surface area contributed by atoms with E-state index < -0.39 is 0 Å². The molecule has 0 aliphatic carbocycles. The molecule has 16 heavy (non-hydrogen) atoms. The monoisotopic (exact) mass is 217 g/mol. The summed E-state index contributed by atoms with van der Waals surface area (Å²) in [5.74, 6) is 0. The maximum atomic E-state index is 5.21. The molecule has 0 fully saturated rings. The molecule has 0 spiro atoms. The van der Waals surface area contributed by atoms with Crippen LogP contribution in [0.15, 0.2) is 36.0 Å². The molecule has 1 rings (SSSR count). The maximum absolute atomic E-state index is 5.21. The fourth-order valence-corrected chi connectivity index (χ4v) is 1.06. The van der Waals surface area contributed by atoms with Gasteiger partial charge in [0, 0.05) is 11.6 Å². The van der Waals surface area contributed by atoms with Gasteiger partial charge in [0.15, 0.2) is 0 Å². The standard InChI is InChI=1S/C14H19NO/c1-5-12-6-8-13(9-7-12)10-16-15-11-14(2,3)4/h5-9,11H,1,10H2,2-4H3. The van der Waals surface area contributed by atoms with Crippen molar-refractivity contribution in [3.8, 4) is 0 Å². The predicted molar refractivity (Wildman–Crippen MR) is 69.3 cm³/mol. The van der Waals surface area contributed by atoms with E-state index in [4.69, 9.17) is 4.84 Å². The van der Waals surface area contributed by atoms with Gasteiger partial charge in [0.2, 0.25) is 0 Å². The second kappa shape index (κ2) is 5.50. The van der Waals surface area contributed by atoms with Crippen molar-refractivity contribution in [2.45, 2.75) is 27.4 Å². The molecule has 0 N–H and O–H groups in total. The van der Waals surface area contributed by atoms with Gasteiger partial charge in [0.1, 0.15) is 6.61 Å². The van der Waals surface area contributed by atoms with Gasteiger partial charge in [0.05, 0.1) is 0 Å². The van der Waals surface area contributed by atoms with Crippen LogP contribution in [0.2, 0.25) is 0 Å². The van der Waals surface area contributed by atoms with Crippen LogP contribution in [0.3, 0.4) is 0 Å². The van der Waals surface area contributed by atoms with Crippen LogP contribution in [0.25, 0.3) is 6.08 Å². The van der Waals surface area contributed by atoms with Crippen molar-refractivity contribution in [2.75, 3.05) is 0 Å². The molecule has 0 aliphatic rings. The Balaban J connectivity index is 2.43. The lowest BCUT2D eigenvalue weighted by Crippen LogP contribution is -2.06. The molecule has 1 aromatic rings. The molecule has 2 heteroatoms. The molecular formula is C14H19NO. The Kier molecular flexibility index (Phi) is 4.29. The van der Waals surface area contributed by atoms with Crippen molar-refractivity contribution in [1.82, 2.24) is 0 Å². The van der Waals surface area contributed by atoms with Gasteiger partial charge in [-0.05, 0) is 11.1 Å². The number of benzene rings is 1. The van der Waals surface area contributed by atoms with Gasteiger partial charge in [-0.2, -0.15) is 0 Å². The number of hydrogen-bond donors (Lipinski definition) is 0. The molecule has 1 aromatic carbocycles. The van der Waals surface area contributed by atoms with Gasteiger partial charge in [-0.1, -0.05) is 62.8 Å². The lowest BCUT2D eigenvalue weighted by atomic mass is 10.00. The molecule has 0 amide bonds. The summed E-state index contributed by atoms with van der Waals surface area (Å²) < 4.78 is 0. The summed E-state index contributed by atoms with van der Waals surface area (Å²) in [6, 6.07) is 8.06. The Hall–Kier alpha value is -1.57. The van der Waals surface area contributed by atoms with Crippen molar-refractivity contribution in [2.24, 2.45) is 10.6 Å². The van der Waals surface area contributed by atoms with Crippen LogP contribution in [0.4, 0.5) is 0 Å². The third-order valence-electron chi connectivity index (χ3n) is 1.96. The van der Waals surface area contributed by atoms with Crippen LogP contribution in [0.5, 0.6) is 0 Å². The molecule has 2 nitrogen and oxygen atoms in total. The Bertz CT molecular complexity index is 357. The highest BCUT2D eigenvalue weighted by Gasteiger charge is 2.04. The Morgan fingerprint density at radius 1 is 1.25 bits per heavy atom. The summed E-state index contributed by atoms with van der Waals surface area (Å²) in [4.78, 5) is 5.21. The van der Waals surface area contributed by atoms with E-state index in [-0.39, 0.29) is 5.41 Å². The molecular weight excluding hydrogens is 198 g/mol. The average molecular weight is 217 g/mol. The van der Waals surface area contributed by atoms with Crippen LogP contribution in [-0.2, 0) is 11.4 Å². The van der Waals surface area contributed by atoms with Gasteiger partial charge >= 0.3 is 0 Å².